The molecular weight excluding hydrogens is 414 g/mol. The molecule has 0 N–H and O–H groups in total. The van der Waals surface area contributed by atoms with E-state index in [-0.39, 0.29) is 17.1 Å². The van der Waals surface area contributed by atoms with Gasteiger partial charge < -0.3 is 13.9 Å². The van der Waals surface area contributed by atoms with Gasteiger partial charge in [0.1, 0.15) is 5.82 Å². The van der Waals surface area contributed by atoms with Crippen LogP contribution >= 0.6 is 0 Å². The Kier molecular flexibility index (Phi) is 5.68. The number of benzene rings is 1. The van der Waals surface area contributed by atoms with Gasteiger partial charge in [0.25, 0.3) is 5.56 Å². The third-order valence-corrected chi connectivity index (χ3v) is 6.60. The molecule has 8 heteroatoms. The number of unbranched alkanes of at least 4 members (excludes halogenated alkanes) is 1. The number of pyridine rings is 1. The van der Waals surface area contributed by atoms with Crippen molar-refractivity contribution in [3.8, 4) is 16.9 Å². The summed E-state index contributed by atoms with van der Waals surface area (Å²) in [6, 6.07) is 5.66. The highest BCUT2D eigenvalue weighted by atomic mass is 32.2. The first-order valence-electron chi connectivity index (χ1n) is 10.7. The molecule has 1 aliphatic carbocycles. The first-order chi connectivity index (χ1) is 14.7. The molecule has 0 amide bonds. The van der Waals surface area contributed by atoms with E-state index in [0.717, 1.165) is 60.2 Å². The van der Waals surface area contributed by atoms with Gasteiger partial charge in [-0.1, -0.05) is 13.3 Å². The molecule has 0 spiro atoms. The van der Waals surface area contributed by atoms with Crippen LogP contribution in [0.3, 0.4) is 0 Å². The standard InChI is InChI=1S/C23H29N3O4S/c1-5-6-9-26-19-11-16(17-12-20(30-3)23(27)25(2)13-17)10-18(14-31(4,28)29)21(19)24-22(26)15-7-8-15/h10-13,15H,5-9,14H2,1-4H3. The van der Waals surface area contributed by atoms with Crippen molar-refractivity contribution in [2.75, 3.05) is 13.4 Å². The molecule has 0 aliphatic heterocycles. The average molecular weight is 444 g/mol. The predicted octanol–water partition coefficient (Wildman–Crippen LogP) is 3.63. The lowest BCUT2D eigenvalue weighted by atomic mass is 10.0. The fraction of sp³-hybridized carbons (Fsp3) is 0.478. The number of sulfone groups is 1. The molecule has 7 nitrogen and oxygen atoms in total. The molecule has 0 atom stereocenters. The van der Waals surface area contributed by atoms with Crippen LogP contribution in [0.25, 0.3) is 22.2 Å². The zero-order chi connectivity index (χ0) is 22.3. The van der Waals surface area contributed by atoms with Crippen molar-refractivity contribution in [1.29, 1.82) is 0 Å². The summed E-state index contributed by atoms with van der Waals surface area (Å²) in [6.45, 7) is 3.02. The molecule has 2 heterocycles. The number of fused-ring (bicyclic) bond motifs is 1. The molecule has 166 valence electrons. The van der Waals surface area contributed by atoms with Crippen molar-refractivity contribution in [3.63, 3.8) is 0 Å². The zero-order valence-corrected chi connectivity index (χ0v) is 19.3. The van der Waals surface area contributed by atoms with Gasteiger partial charge in [-0.05, 0) is 48.6 Å². The van der Waals surface area contributed by atoms with Gasteiger partial charge in [-0.25, -0.2) is 13.4 Å². The van der Waals surface area contributed by atoms with Crippen LogP contribution in [-0.2, 0) is 29.2 Å². The SMILES string of the molecule is CCCCn1c(C2CC2)nc2c(CS(C)(=O)=O)cc(-c3cc(OC)c(=O)n(C)c3)cc21. The lowest BCUT2D eigenvalue weighted by Crippen LogP contribution is -2.17. The van der Waals surface area contributed by atoms with Gasteiger partial charge in [0.05, 0.1) is 23.9 Å². The number of ether oxygens (including phenoxy) is 1. The van der Waals surface area contributed by atoms with Crippen molar-refractivity contribution in [2.24, 2.45) is 7.05 Å². The van der Waals surface area contributed by atoms with Gasteiger partial charge in [-0.2, -0.15) is 0 Å². The van der Waals surface area contributed by atoms with E-state index >= 15 is 0 Å². The molecule has 1 aromatic carbocycles. The van der Waals surface area contributed by atoms with Crippen molar-refractivity contribution in [2.45, 2.75) is 50.8 Å². The molecule has 3 aromatic rings. The second-order valence-corrected chi connectivity index (χ2v) is 10.7. The number of hydrogen-bond acceptors (Lipinski definition) is 5. The van der Waals surface area contributed by atoms with E-state index in [2.05, 4.69) is 17.6 Å². The lowest BCUT2D eigenvalue weighted by molar-refractivity contribution is 0.405. The summed E-state index contributed by atoms with van der Waals surface area (Å²) >= 11 is 0. The fourth-order valence-corrected chi connectivity index (χ4v) is 4.85. The van der Waals surface area contributed by atoms with E-state index in [9.17, 15) is 13.2 Å². The van der Waals surface area contributed by atoms with E-state index < -0.39 is 9.84 Å². The maximum absolute atomic E-state index is 12.3. The number of rotatable bonds is 8. The normalized spacial score (nSPS) is 14.3. The van der Waals surface area contributed by atoms with Crippen LogP contribution in [0.15, 0.2) is 29.2 Å². The summed E-state index contributed by atoms with van der Waals surface area (Å²) in [7, 11) is -0.0953. The van der Waals surface area contributed by atoms with Crippen molar-refractivity contribution in [3.05, 3.63) is 46.1 Å². The van der Waals surface area contributed by atoms with E-state index in [1.54, 1.807) is 19.3 Å². The van der Waals surface area contributed by atoms with E-state index in [0.29, 0.717) is 11.5 Å². The van der Waals surface area contributed by atoms with E-state index in [1.807, 2.05) is 6.07 Å². The highest BCUT2D eigenvalue weighted by molar-refractivity contribution is 7.89. The first kappa shape index (κ1) is 21.6. The van der Waals surface area contributed by atoms with Crippen LogP contribution in [-0.4, -0.2) is 35.9 Å². The Bertz CT molecular complexity index is 1300. The van der Waals surface area contributed by atoms with Gasteiger partial charge in [0.2, 0.25) is 0 Å². The van der Waals surface area contributed by atoms with Crippen LogP contribution in [0.5, 0.6) is 5.75 Å². The zero-order valence-electron chi connectivity index (χ0n) is 18.5. The molecule has 0 radical (unpaired) electrons. The molecule has 2 aromatic heterocycles. The monoisotopic (exact) mass is 443 g/mol. The largest absolute Gasteiger partial charge is 0.491 e. The number of hydrogen-bond donors (Lipinski definition) is 0. The molecule has 4 rings (SSSR count). The number of aryl methyl sites for hydroxylation is 2. The van der Waals surface area contributed by atoms with Gasteiger partial charge >= 0.3 is 0 Å². The number of methoxy groups -OCH3 is 1. The minimum absolute atomic E-state index is 0.0743. The van der Waals surface area contributed by atoms with Crippen molar-refractivity contribution < 1.29 is 13.2 Å². The summed E-state index contributed by atoms with van der Waals surface area (Å²) in [5.41, 5.74) is 3.85. The van der Waals surface area contributed by atoms with Gasteiger partial charge in [-0.3, -0.25) is 4.79 Å². The summed E-state index contributed by atoms with van der Waals surface area (Å²) in [6.07, 6.45) is 7.35. The summed E-state index contributed by atoms with van der Waals surface area (Å²) < 4.78 is 33.4. The predicted molar refractivity (Wildman–Crippen MR) is 122 cm³/mol. The van der Waals surface area contributed by atoms with Crippen LogP contribution in [0.2, 0.25) is 0 Å². The second kappa shape index (κ2) is 8.15. The Morgan fingerprint density at radius 3 is 2.55 bits per heavy atom. The maximum atomic E-state index is 12.3. The molecule has 1 aliphatic rings. The Hall–Kier alpha value is -2.61. The lowest BCUT2D eigenvalue weighted by Gasteiger charge is -2.12. The fourth-order valence-electron chi connectivity index (χ4n) is 4.06. The van der Waals surface area contributed by atoms with Crippen LogP contribution in [0.4, 0.5) is 0 Å². The van der Waals surface area contributed by atoms with E-state index in [1.165, 1.54) is 17.9 Å². The summed E-state index contributed by atoms with van der Waals surface area (Å²) in [4.78, 5) is 17.2. The Morgan fingerprint density at radius 1 is 1.19 bits per heavy atom. The Labute approximate surface area is 182 Å². The van der Waals surface area contributed by atoms with E-state index in [4.69, 9.17) is 9.72 Å². The van der Waals surface area contributed by atoms with Crippen molar-refractivity contribution >= 4 is 20.9 Å². The highest BCUT2D eigenvalue weighted by Crippen LogP contribution is 2.42. The third-order valence-electron chi connectivity index (χ3n) is 5.76. The Morgan fingerprint density at radius 2 is 1.94 bits per heavy atom. The molecule has 0 bridgehead atoms. The molecule has 0 unspecified atom stereocenters. The van der Waals surface area contributed by atoms with Gasteiger partial charge in [0.15, 0.2) is 15.6 Å². The van der Waals surface area contributed by atoms with Crippen LogP contribution in [0, 0.1) is 0 Å². The maximum Gasteiger partial charge on any atom is 0.292 e. The minimum Gasteiger partial charge on any atom is -0.491 e. The Balaban J connectivity index is 1.98. The molecule has 0 saturated heterocycles. The van der Waals surface area contributed by atoms with Gasteiger partial charge in [-0.15, -0.1) is 0 Å². The second-order valence-electron chi connectivity index (χ2n) is 8.54. The third kappa shape index (κ3) is 4.39. The minimum atomic E-state index is -3.25. The van der Waals surface area contributed by atoms with Crippen molar-refractivity contribution in [1.82, 2.24) is 14.1 Å². The average Bonchev–Trinajstić information content (AvgIpc) is 3.48. The van der Waals surface area contributed by atoms with Crippen LogP contribution < -0.4 is 10.3 Å². The van der Waals surface area contributed by atoms with Gasteiger partial charge in [0, 0.05) is 37.5 Å². The molecule has 1 fully saturated rings. The summed E-state index contributed by atoms with van der Waals surface area (Å²) in [5.74, 6) is 1.70. The molecule has 31 heavy (non-hydrogen) atoms. The summed E-state index contributed by atoms with van der Waals surface area (Å²) in [5, 5.41) is 0. The number of aromatic nitrogens is 3. The number of nitrogens with zero attached hydrogens (tertiary/aromatic N) is 3. The molecule has 1 saturated carbocycles. The number of imidazole rings is 1. The highest BCUT2D eigenvalue weighted by Gasteiger charge is 2.30. The smallest absolute Gasteiger partial charge is 0.292 e. The molecular formula is C23H29N3O4S. The van der Waals surface area contributed by atoms with Crippen LogP contribution in [0.1, 0.15) is 49.9 Å². The first-order valence-corrected chi connectivity index (χ1v) is 12.7. The quantitative estimate of drug-likeness (QED) is 0.531. The topological polar surface area (TPSA) is 83.2 Å².